The van der Waals surface area contributed by atoms with E-state index in [1.54, 1.807) is 12.1 Å². The Morgan fingerprint density at radius 1 is 1.19 bits per heavy atom. The third-order valence-electron chi connectivity index (χ3n) is 4.49. The molecule has 1 aliphatic rings. The van der Waals surface area contributed by atoms with E-state index in [1.165, 1.54) is 12.5 Å². The highest BCUT2D eigenvalue weighted by molar-refractivity contribution is 5.29. The number of phenolic OH excluding ortho intramolecular Hbond substituents is 1. The van der Waals surface area contributed by atoms with E-state index in [4.69, 9.17) is 0 Å². The average molecular weight is 293 g/mol. The Balaban J connectivity index is 2.10. The monoisotopic (exact) mass is 293 g/mol. The van der Waals surface area contributed by atoms with Crippen LogP contribution in [0.2, 0.25) is 0 Å². The van der Waals surface area contributed by atoms with Gasteiger partial charge in [-0.15, -0.1) is 0 Å². The van der Waals surface area contributed by atoms with Crippen molar-refractivity contribution in [3.63, 3.8) is 0 Å². The first kappa shape index (κ1) is 16.3. The van der Waals surface area contributed by atoms with E-state index in [-0.39, 0.29) is 17.6 Å². The third kappa shape index (κ3) is 4.19. The molecular formula is C18H28FNO. The number of phenols is 1. The number of halogens is 1. The first-order valence-corrected chi connectivity index (χ1v) is 7.82. The predicted octanol–water partition coefficient (Wildman–Crippen LogP) is 4.79. The van der Waals surface area contributed by atoms with Gasteiger partial charge in [-0.3, -0.25) is 0 Å². The molecule has 1 saturated carbocycles. The van der Waals surface area contributed by atoms with E-state index in [1.807, 2.05) is 6.92 Å². The molecule has 2 nitrogen and oxygen atoms in total. The second kappa shape index (κ2) is 5.60. The molecule has 1 atom stereocenters. The van der Waals surface area contributed by atoms with Gasteiger partial charge < -0.3 is 10.4 Å². The zero-order valence-electron chi connectivity index (χ0n) is 13.8. The molecule has 1 unspecified atom stereocenters. The van der Waals surface area contributed by atoms with Crippen molar-refractivity contribution in [2.45, 2.75) is 66.0 Å². The molecule has 118 valence electrons. The molecule has 21 heavy (non-hydrogen) atoms. The van der Waals surface area contributed by atoms with Crippen LogP contribution in [0.25, 0.3) is 0 Å². The Bertz CT molecular complexity index is 494. The van der Waals surface area contributed by atoms with Crippen molar-refractivity contribution in [1.82, 2.24) is 5.32 Å². The van der Waals surface area contributed by atoms with Crippen LogP contribution < -0.4 is 5.32 Å². The van der Waals surface area contributed by atoms with E-state index < -0.39 is 0 Å². The van der Waals surface area contributed by atoms with Crippen LogP contribution in [0.3, 0.4) is 0 Å². The highest BCUT2D eigenvalue weighted by Crippen LogP contribution is 2.46. The van der Waals surface area contributed by atoms with Crippen molar-refractivity contribution in [3.05, 3.63) is 29.6 Å². The van der Waals surface area contributed by atoms with Crippen molar-refractivity contribution in [2.24, 2.45) is 10.8 Å². The molecule has 3 heteroatoms. The molecule has 1 aromatic carbocycles. The van der Waals surface area contributed by atoms with E-state index in [0.29, 0.717) is 22.4 Å². The third-order valence-corrected chi connectivity index (χ3v) is 4.49. The summed E-state index contributed by atoms with van der Waals surface area (Å²) in [5.41, 5.74) is 1.24. The van der Waals surface area contributed by atoms with Crippen molar-refractivity contribution in [3.8, 4) is 5.75 Å². The second-order valence-corrected chi connectivity index (χ2v) is 8.20. The van der Waals surface area contributed by atoms with Crippen LogP contribution in [-0.2, 0) is 0 Å². The predicted molar refractivity (Wildman–Crippen MR) is 84.8 cm³/mol. The summed E-state index contributed by atoms with van der Waals surface area (Å²) in [5.74, 6) is -0.368. The molecule has 0 aromatic heterocycles. The molecule has 1 aromatic rings. The fourth-order valence-electron chi connectivity index (χ4n) is 4.27. The maximum absolute atomic E-state index is 14.0. The number of aromatic hydroxyl groups is 1. The Morgan fingerprint density at radius 3 is 2.29 bits per heavy atom. The highest BCUT2D eigenvalue weighted by Gasteiger charge is 2.38. The van der Waals surface area contributed by atoms with Crippen LogP contribution in [0.15, 0.2) is 18.2 Å². The fraction of sp³-hybridized carbons (Fsp3) is 0.667. The first-order chi connectivity index (χ1) is 9.58. The lowest BCUT2D eigenvalue weighted by atomic mass is 9.63. The molecule has 2 N–H and O–H groups in total. The van der Waals surface area contributed by atoms with E-state index >= 15 is 0 Å². The minimum absolute atomic E-state index is 0.0246. The van der Waals surface area contributed by atoms with E-state index in [9.17, 15) is 9.50 Å². The largest absolute Gasteiger partial charge is 0.508 e. The van der Waals surface area contributed by atoms with Crippen LogP contribution in [0, 0.1) is 16.6 Å². The number of nitrogens with one attached hydrogen (secondary N) is 1. The van der Waals surface area contributed by atoms with Crippen LogP contribution >= 0.6 is 0 Å². The van der Waals surface area contributed by atoms with Gasteiger partial charge in [-0.05, 0) is 43.1 Å². The van der Waals surface area contributed by atoms with Gasteiger partial charge in [0.1, 0.15) is 11.6 Å². The minimum atomic E-state index is -0.343. The van der Waals surface area contributed by atoms with Gasteiger partial charge in [0.05, 0.1) is 0 Å². The number of hydrogen-bond donors (Lipinski definition) is 2. The fourth-order valence-corrected chi connectivity index (χ4v) is 4.27. The quantitative estimate of drug-likeness (QED) is 0.840. The molecule has 0 amide bonds. The molecule has 0 bridgehead atoms. The van der Waals surface area contributed by atoms with Crippen molar-refractivity contribution in [1.29, 1.82) is 0 Å². The summed E-state index contributed by atoms with van der Waals surface area (Å²) in [6.07, 6.45) is 3.45. The van der Waals surface area contributed by atoms with E-state index in [2.05, 4.69) is 33.0 Å². The van der Waals surface area contributed by atoms with Gasteiger partial charge in [-0.2, -0.15) is 0 Å². The van der Waals surface area contributed by atoms with Gasteiger partial charge in [-0.1, -0.05) is 33.8 Å². The highest BCUT2D eigenvalue weighted by atomic mass is 19.1. The minimum Gasteiger partial charge on any atom is -0.508 e. The summed E-state index contributed by atoms with van der Waals surface area (Å²) in [5, 5.41) is 12.9. The van der Waals surface area contributed by atoms with Crippen LogP contribution in [0.5, 0.6) is 5.75 Å². The molecule has 0 heterocycles. The summed E-state index contributed by atoms with van der Waals surface area (Å²) in [6.45, 7) is 11.2. The molecule has 1 aliphatic carbocycles. The molecular weight excluding hydrogens is 265 g/mol. The lowest BCUT2D eigenvalue weighted by Crippen LogP contribution is -2.44. The van der Waals surface area contributed by atoms with Gasteiger partial charge in [-0.25, -0.2) is 4.39 Å². The van der Waals surface area contributed by atoms with Gasteiger partial charge in [0.2, 0.25) is 0 Å². The van der Waals surface area contributed by atoms with Crippen molar-refractivity contribution >= 4 is 0 Å². The van der Waals surface area contributed by atoms with Gasteiger partial charge in [0.25, 0.3) is 0 Å². The summed E-state index contributed by atoms with van der Waals surface area (Å²) in [4.78, 5) is 0. The van der Waals surface area contributed by atoms with E-state index in [0.717, 1.165) is 12.8 Å². The first-order valence-electron chi connectivity index (χ1n) is 7.82. The standard InChI is InChI=1S/C18H28FNO/c1-12(15-7-6-14(21)8-16(15)19)20-13-9-17(2,3)11-18(4,5)10-13/h6-8,12-13,20-21H,9-11H2,1-5H3. The van der Waals surface area contributed by atoms with Crippen molar-refractivity contribution in [2.75, 3.05) is 0 Å². The lowest BCUT2D eigenvalue weighted by Gasteiger charge is -2.46. The molecule has 0 aliphatic heterocycles. The normalized spacial score (nSPS) is 23.0. The van der Waals surface area contributed by atoms with Gasteiger partial charge in [0, 0.05) is 23.7 Å². The maximum Gasteiger partial charge on any atom is 0.131 e. The lowest BCUT2D eigenvalue weighted by molar-refractivity contribution is 0.0809. The van der Waals surface area contributed by atoms with Crippen molar-refractivity contribution < 1.29 is 9.50 Å². The van der Waals surface area contributed by atoms with Crippen LogP contribution in [0.4, 0.5) is 4.39 Å². The zero-order chi connectivity index (χ0) is 15.8. The smallest absolute Gasteiger partial charge is 0.131 e. The average Bonchev–Trinajstić information content (AvgIpc) is 2.23. The van der Waals surface area contributed by atoms with Gasteiger partial charge >= 0.3 is 0 Å². The Kier molecular flexibility index (Phi) is 4.34. The summed E-state index contributed by atoms with van der Waals surface area (Å²) in [7, 11) is 0. The Hall–Kier alpha value is -1.09. The Labute approximate surface area is 127 Å². The zero-order valence-corrected chi connectivity index (χ0v) is 13.8. The summed E-state index contributed by atoms with van der Waals surface area (Å²) in [6, 6.07) is 4.74. The summed E-state index contributed by atoms with van der Waals surface area (Å²) < 4.78 is 14.0. The molecule has 1 fully saturated rings. The SMILES string of the molecule is CC(NC1CC(C)(C)CC(C)(C)C1)c1ccc(O)cc1F. The molecule has 0 saturated heterocycles. The Morgan fingerprint density at radius 2 is 1.76 bits per heavy atom. The molecule has 0 spiro atoms. The molecule has 0 radical (unpaired) electrons. The molecule has 2 rings (SSSR count). The summed E-state index contributed by atoms with van der Waals surface area (Å²) >= 11 is 0. The second-order valence-electron chi connectivity index (χ2n) is 8.20. The van der Waals surface area contributed by atoms with Crippen LogP contribution in [-0.4, -0.2) is 11.1 Å². The van der Waals surface area contributed by atoms with Crippen LogP contribution in [0.1, 0.15) is 65.5 Å². The number of hydrogen-bond acceptors (Lipinski definition) is 2. The van der Waals surface area contributed by atoms with Gasteiger partial charge in [0.15, 0.2) is 0 Å². The maximum atomic E-state index is 14.0. The number of rotatable bonds is 3. The topological polar surface area (TPSA) is 32.3 Å². The number of benzene rings is 1.